The molecule has 0 atom stereocenters. The van der Waals surface area contributed by atoms with Crippen LogP contribution in [0.1, 0.15) is 36.1 Å². The Bertz CT molecular complexity index is 733. The predicted molar refractivity (Wildman–Crippen MR) is 83.6 cm³/mol. The van der Waals surface area contributed by atoms with E-state index in [1.807, 2.05) is 31.3 Å². The Labute approximate surface area is 129 Å². The molecule has 3 aromatic rings. The summed E-state index contributed by atoms with van der Waals surface area (Å²) in [5, 5.41) is 7.25. The fraction of sp³-hybridized carbons (Fsp3) is 0.438. The van der Waals surface area contributed by atoms with E-state index in [1.165, 1.54) is 0 Å². The summed E-state index contributed by atoms with van der Waals surface area (Å²) >= 11 is 0. The summed E-state index contributed by atoms with van der Waals surface area (Å²) in [6.07, 6.45) is 6.40. The molecule has 1 N–H and O–H groups in total. The molecule has 1 fully saturated rings. The van der Waals surface area contributed by atoms with Gasteiger partial charge in [-0.2, -0.15) is 5.10 Å². The van der Waals surface area contributed by atoms with Crippen molar-refractivity contribution < 1.29 is 0 Å². The van der Waals surface area contributed by atoms with Gasteiger partial charge in [0.15, 0.2) is 5.82 Å². The average Bonchev–Trinajstić information content (AvgIpc) is 3.13. The van der Waals surface area contributed by atoms with E-state index < -0.39 is 0 Å². The van der Waals surface area contributed by atoms with Crippen molar-refractivity contribution in [1.82, 2.24) is 29.5 Å². The third kappa shape index (κ3) is 2.62. The number of likely N-dealkylation sites (tertiary alicyclic amines) is 1. The Hall–Kier alpha value is -2.21. The molecule has 0 bridgehead atoms. The molecule has 0 unspecified atom stereocenters. The molecule has 4 heterocycles. The number of aromatic amines is 1. The van der Waals surface area contributed by atoms with Crippen LogP contribution in [0.5, 0.6) is 0 Å². The van der Waals surface area contributed by atoms with E-state index in [4.69, 9.17) is 0 Å². The summed E-state index contributed by atoms with van der Waals surface area (Å²) in [7, 11) is 0. The first-order valence-corrected chi connectivity index (χ1v) is 7.82. The number of nitrogens with one attached hydrogen (secondary N) is 1. The van der Waals surface area contributed by atoms with E-state index >= 15 is 0 Å². The van der Waals surface area contributed by atoms with E-state index in [1.54, 1.807) is 0 Å². The summed E-state index contributed by atoms with van der Waals surface area (Å²) in [5.74, 6) is 2.37. The molecule has 0 radical (unpaired) electrons. The number of pyridine rings is 1. The Morgan fingerprint density at radius 2 is 2.09 bits per heavy atom. The predicted octanol–water partition coefficient (Wildman–Crippen LogP) is 2.14. The van der Waals surface area contributed by atoms with Crippen LogP contribution in [0, 0.1) is 6.92 Å². The van der Waals surface area contributed by atoms with Gasteiger partial charge in [0.2, 0.25) is 0 Å². The van der Waals surface area contributed by atoms with Crippen LogP contribution in [0.15, 0.2) is 30.6 Å². The zero-order valence-electron chi connectivity index (χ0n) is 12.7. The maximum Gasteiger partial charge on any atom is 0.153 e. The van der Waals surface area contributed by atoms with Crippen molar-refractivity contribution in [2.75, 3.05) is 13.1 Å². The molecule has 4 rings (SSSR count). The Morgan fingerprint density at radius 3 is 2.82 bits per heavy atom. The highest BCUT2D eigenvalue weighted by Crippen LogP contribution is 2.26. The molecular weight excluding hydrogens is 276 g/mol. The van der Waals surface area contributed by atoms with Gasteiger partial charge in [-0.05, 0) is 45.0 Å². The van der Waals surface area contributed by atoms with E-state index in [0.717, 1.165) is 55.5 Å². The quantitative estimate of drug-likeness (QED) is 0.804. The van der Waals surface area contributed by atoms with Gasteiger partial charge in [-0.3, -0.25) is 10.00 Å². The molecule has 1 aliphatic heterocycles. The van der Waals surface area contributed by atoms with Gasteiger partial charge in [-0.25, -0.2) is 9.97 Å². The monoisotopic (exact) mass is 296 g/mol. The summed E-state index contributed by atoms with van der Waals surface area (Å²) in [4.78, 5) is 11.6. The number of H-pyrrole nitrogens is 1. The molecule has 6 heteroatoms. The zero-order chi connectivity index (χ0) is 14.9. The SMILES string of the molecule is Cc1nc(C2CCN(Cc3cn4ccccc4n3)CC2)n[nH]1. The topological polar surface area (TPSA) is 62.1 Å². The molecule has 0 aliphatic carbocycles. The fourth-order valence-corrected chi connectivity index (χ4v) is 3.18. The lowest BCUT2D eigenvalue weighted by molar-refractivity contribution is 0.200. The number of imidazole rings is 1. The number of fused-ring (bicyclic) bond motifs is 1. The van der Waals surface area contributed by atoms with Gasteiger partial charge in [0.05, 0.1) is 5.69 Å². The highest BCUT2D eigenvalue weighted by molar-refractivity contribution is 5.39. The smallest absolute Gasteiger partial charge is 0.153 e. The summed E-state index contributed by atoms with van der Waals surface area (Å²) in [6, 6.07) is 6.10. The summed E-state index contributed by atoms with van der Waals surface area (Å²) < 4.78 is 2.08. The molecule has 1 saturated heterocycles. The second-order valence-corrected chi connectivity index (χ2v) is 6.03. The fourth-order valence-electron chi connectivity index (χ4n) is 3.18. The van der Waals surface area contributed by atoms with Crippen LogP contribution in [-0.2, 0) is 6.54 Å². The lowest BCUT2D eigenvalue weighted by atomic mass is 9.96. The molecule has 22 heavy (non-hydrogen) atoms. The van der Waals surface area contributed by atoms with E-state index in [0.29, 0.717) is 5.92 Å². The van der Waals surface area contributed by atoms with Crippen LogP contribution in [0.3, 0.4) is 0 Å². The average molecular weight is 296 g/mol. The van der Waals surface area contributed by atoms with Gasteiger partial charge in [-0.1, -0.05) is 6.07 Å². The molecule has 0 saturated carbocycles. The zero-order valence-corrected chi connectivity index (χ0v) is 12.7. The molecular formula is C16H20N6. The van der Waals surface area contributed by atoms with E-state index in [-0.39, 0.29) is 0 Å². The second-order valence-electron chi connectivity index (χ2n) is 6.03. The van der Waals surface area contributed by atoms with Crippen LogP contribution < -0.4 is 0 Å². The third-order valence-corrected chi connectivity index (χ3v) is 4.37. The maximum atomic E-state index is 4.68. The van der Waals surface area contributed by atoms with Crippen molar-refractivity contribution in [3.05, 3.63) is 47.9 Å². The number of rotatable bonds is 3. The van der Waals surface area contributed by atoms with Gasteiger partial charge in [0, 0.05) is 24.9 Å². The normalized spacial score (nSPS) is 17.3. The first-order chi connectivity index (χ1) is 10.8. The van der Waals surface area contributed by atoms with Gasteiger partial charge < -0.3 is 4.40 Å². The lowest BCUT2D eigenvalue weighted by Crippen LogP contribution is -2.32. The summed E-state index contributed by atoms with van der Waals surface area (Å²) in [6.45, 7) is 5.02. The largest absolute Gasteiger partial charge is 0.307 e. The highest BCUT2D eigenvalue weighted by Gasteiger charge is 2.23. The first kappa shape index (κ1) is 13.5. The molecule has 0 spiro atoms. The number of hydrogen-bond acceptors (Lipinski definition) is 4. The van der Waals surface area contributed by atoms with Crippen LogP contribution in [0.25, 0.3) is 5.65 Å². The minimum absolute atomic E-state index is 0.488. The van der Waals surface area contributed by atoms with Crippen molar-refractivity contribution >= 4 is 5.65 Å². The minimum atomic E-state index is 0.488. The lowest BCUT2D eigenvalue weighted by Gasteiger charge is -2.30. The maximum absolute atomic E-state index is 4.68. The molecule has 3 aromatic heterocycles. The van der Waals surface area contributed by atoms with Crippen LogP contribution in [-0.4, -0.2) is 42.6 Å². The number of piperidine rings is 1. The number of nitrogens with zero attached hydrogens (tertiary/aromatic N) is 5. The van der Waals surface area contributed by atoms with Gasteiger partial charge in [-0.15, -0.1) is 0 Å². The van der Waals surface area contributed by atoms with E-state index in [2.05, 4.69) is 35.7 Å². The molecule has 0 amide bonds. The second kappa shape index (κ2) is 5.53. The minimum Gasteiger partial charge on any atom is -0.307 e. The van der Waals surface area contributed by atoms with Crippen molar-refractivity contribution in [2.24, 2.45) is 0 Å². The highest BCUT2D eigenvalue weighted by atomic mass is 15.2. The summed E-state index contributed by atoms with van der Waals surface area (Å²) in [5.41, 5.74) is 2.15. The molecule has 0 aromatic carbocycles. The van der Waals surface area contributed by atoms with Gasteiger partial charge in [0.25, 0.3) is 0 Å². The van der Waals surface area contributed by atoms with Crippen LogP contribution in [0.2, 0.25) is 0 Å². The van der Waals surface area contributed by atoms with Gasteiger partial charge in [0.1, 0.15) is 11.5 Å². The van der Waals surface area contributed by atoms with Crippen molar-refractivity contribution in [3.8, 4) is 0 Å². The Kier molecular flexibility index (Phi) is 3.38. The Morgan fingerprint density at radius 1 is 1.23 bits per heavy atom. The van der Waals surface area contributed by atoms with Crippen LogP contribution >= 0.6 is 0 Å². The van der Waals surface area contributed by atoms with Crippen molar-refractivity contribution in [2.45, 2.75) is 32.2 Å². The number of aryl methyl sites for hydroxylation is 1. The number of aromatic nitrogens is 5. The van der Waals surface area contributed by atoms with Crippen molar-refractivity contribution in [3.63, 3.8) is 0 Å². The number of hydrogen-bond donors (Lipinski definition) is 1. The first-order valence-electron chi connectivity index (χ1n) is 7.82. The van der Waals surface area contributed by atoms with Crippen LogP contribution in [0.4, 0.5) is 0 Å². The Balaban J connectivity index is 1.39. The third-order valence-electron chi connectivity index (χ3n) is 4.37. The standard InChI is InChI=1S/C16H20N6/c1-12-17-16(20-19-12)13-5-8-21(9-6-13)10-14-11-22-7-3-2-4-15(22)18-14/h2-4,7,11,13H,5-6,8-10H2,1H3,(H,17,19,20). The molecule has 114 valence electrons. The van der Waals surface area contributed by atoms with E-state index in [9.17, 15) is 0 Å². The van der Waals surface area contributed by atoms with Gasteiger partial charge >= 0.3 is 0 Å². The van der Waals surface area contributed by atoms with Crippen molar-refractivity contribution in [1.29, 1.82) is 0 Å². The molecule has 6 nitrogen and oxygen atoms in total. The molecule has 1 aliphatic rings.